The van der Waals surface area contributed by atoms with E-state index in [1.165, 1.54) is 13.3 Å². The summed E-state index contributed by atoms with van der Waals surface area (Å²) in [6.07, 6.45) is 1.47. The Balaban J connectivity index is 1.34. The lowest BCUT2D eigenvalue weighted by Crippen LogP contribution is -2.45. The Morgan fingerprint density at radius 1 is 1.09 bits per heavy atom. The van der Waals surface area contributed by atoms with E-state index in [9.17, 15) is 19.6 Å². The molecule has 0 fully saturated rings. The summed E-state index contributed by atoms with van der Waals surface area (Å²) in [5, 5.41) is 18.5. The number of hydrogen-bond donors (Lipinski definition) is 3. The maximum absolute atomic E-state index is 12.6. The molecule has 0 aromatic heterocycles. The van der Waals surface area contributed by atoms with Gasteiger partial charge in [-0.1, -0.05) is 24.3 Å². The van der Waals surface area contributed by atoms with Crippen molar-refractivity contribution in [1.29, 1.82) is 5.26 Å². The standard InChI is InChI=1S/C32H30BrN5O7/c1-4-43-31(40)29-19(2)36-32(41)37-30(29)21-10-12-26(27(14-21)42-3)45-18-28(39)38-35-16-20-9-11-25(24(33)13-20)44-17-23-8-6-5-7-22(23)15-34/h5-14,16,30H,4,17-18H2,1-3H3,(H,38,39)(H2,36,37,41)/b35-16-/t30-/m1/s1. The fourth-order valence-corrected chi connectivity index (χ4v) is 4.90. The lowest BCUT2D eigenvalue weighted by molar-refractivity contribution is -0.139. The van der Waals surface area contributed by atoms with Crippen molar-refractivity contribution in [2.24, 2.45) is 5.10 Å². The minimum atomic E-state index is -0.778. The molecule has 3 aromatic rings. The first kappa shape index (κ1) is 32.6. The topological polar surface area (TPSA) is 160 Å². The van der Waals surface area contributed by atoms with Gasteiger partial charge in [0.2, 0.25) is 0 Å². The van der Waals surface area contributed by atoms with Crippen molar-refractivity contribution in [3.63, 3.8) is 0 Å². The van der Waals surface area contributed by atoms with Crippen LogP contribution >= 0.6 is 15.9 Å². The van der Waals surface area contributed by atoms with Crippen LogP contribution in [0.1, 0.15) is 42.1 Å². The molecule has 1 atom stereocenters. The molecule has 0 saturated carbocycles. The molecule has 3 aromatic carbocycles. The molecule has 4 rings (SSSR count). The van der Waals surface area contributed by atoms with Gasteiger partial charge >= 0.3 is 12.0 Å². The van der Waals surface area contributed by atoms with Gasteiger partial charge in [-0.25, -0.2) is 15.0 Å². The quantitative estimate of drug-likeness (QED) is 0.142. The molecule has 13 heteroatoms. The first-order valence-corrected chi connectivity index (χ1v) is 14.5. The van der Waals surface area contributed by atoms with Crippen molar-refractivity contribution in [1.82, 2.24) is 16.1 Å². The largest absolute Gasteiger partial charge is 0.493 e. The number of hydrogen-bond acceptors (Lipinski definition) is 9. The second-order valence-electron chi connectivity index (χ2n) is 9.53. The van der Waals surface area contributed by atoms with E-state index in [1.807, 2.05) is 12.1 Å². The summed E-state index contributed by atoms with van der Waals surface area (Å²) in [6, 6.07) is 18.3. The van der Waals surface area contributed by atoms with Gasteiger partial charge < -0.3 is 29.6 Å². The van der Waals surface area contributed by atoms with Crippen LogP contribution in [0.15, 0.2) is 81.5 Å². The molecule has 12 nitrogen and oxygen atoms in total. The number of nitrogens with zero attached hydrogens (tertiary/aromatic N) is 2. The number of hydrazone groups is 1. The van der Waals surface area contributed by atoms with E-state index in [4.69, 9.17) is 18.9 Å². The highest BCUT2D eigenvalue weighted by Gasteiger charge is 2.32. The lowest BCUT2D eigenvalue weighted by Gasteiger charge is -2.28. The molecular formula is C32H30BrN5O7. The molecule has 1 aliphatic rings. The van der Waals surface area contributed by atoms with E-state index in [0.29, 0.717) is 38.4 Å². The molecule has 0 unspecified atom stereocenters. The third kappa shape index (κ3) is 8.39. The van der Waals surface area contributed by atoms with Crippen LogP contribution in [0.3, 0.4) is 0 Å². The number of urea groups is 1. The van der Waals surface area contributed by atoms with E-state index in [1.54, 1.807) is 62.4 Å². The minimum absolute atomic E-state index is 0.179. The molecule has 3 N–H and O–H groups in total. The van der Waals surface area contributed by atoms with Crippen LogP contribution in [0.5, 0.6) is 17.2 Å². The number of carbonyl (C=O) groups is 3. The maximum atomic E-state index is 12.6. The van der Waals surface area contributed by atoms with Crippen molar-refractivity contribution in [3.8, 4) is 23.3 Å². The highest BCUT2D eigenvalue weighted by Crippen LogP contribution is 2.34. The minimum Gasteiger partial charge on any atom is -0.493 e. The Bertz CT molecular complexity index is 1700. The van der Waals surface area contributed by atoms with Crippen molar-refractivity contribution in [2.75, 3.05) is 20.3 Å². The van der Waals surface area contributed by atoms with E-state index >= 15 is 0 Å². The first-order chi connectivity index (χ1) is 21.7. The summed E-state index contributed by atoms with van der Waals surface area (Å²) in [7, 11) is 1.43. The normalized spacial score (nSPS) is 14.2. The third-order valence-electron chi connectivity index (χ3n) is 6.52. The van der Waals surface area contributed by atoms with Gasteiger partial charge in [-0.15, -0.1) is 0 Å². The van der Waals surface area contributed by atoms with Crippen LogP contribution in [0.2, 0.25) is 0 Å². The molecule has 45 heavy (non-hydrogen) atoms. The van der Waals surface area contributed by atoms with Crippen LogP contribution in [0.4, 0.5) is 4.79 Å². The Hall–Kier alpha value is -5.35. The number of nitriles is 1. The highest BCUT2D eigenvalue weighted by molar-refractivity contribution is 9.10. The number of halogens is 1. The van der Waals surface area contributed by atoms with E-state index in [0.717, 1.165) is 5.56 Å². The van der Waals surface area contributed by atoms with Crippen LogP contribution in [0, 0.1) is 11.3 Å². The summed E-state index contributed by atoms with van der Waals surface area (Å²) in [4.78, 5) is 37.2. The van der Waals surface area contributed by atoms with Gasteiger partial charge in [0.15, 0.2) is 18.1 Å². The van der Waals surface area contributed by atoms with Gasteiger partial charge in [0.1, 0.15) is 12.4 Å². The fraction of sp³-hybridized carbons (Fsp3) is 0.219. The van der Waals surface area contributed by atoms with Gasteiger partial charge in [-0.2, -0.15) is 10.4 Å². The summed E-state index contributed by atoms with van der Waals surface area (Å²) in [5.41, 5.74) is 5.64. The number of ether oxygens (including phenoxy) is 4. The Labute approximate surface area is 268 Å². The summed E-state index contributed by atoms with van der Waals surface area (Å²) >= 11 is 3.47. The van der Waals surface area contributed by atoms with E-state index < -0.39 is 23.9 Å². The molecule has 0 bridgehead atoms. The number of esters is 1. The smallest absolute Gasteiger partial charge is 0.338 e. The van der Waals surface area contributed by atoms with Gasteiger partial charge in [-0.3, -0.25) is 4.79 Å². The number of carbonyl (C=O) groups excluding carboxylic acids is 3. The Morgan fingerprint density at radius 2 is 1.87 bits per heavy atom. The summed E-state index contributed by atoms with van der Waals surface area (Å²) in [5.74, 6) is 0.0832. The zero-order valence-corrected chi connectivity index (χ0v) is 26.3. The fourth-order valence-electron chi connectivity index (χ4n) is 4.39. The lowest BCUT2D eigenvalue weighted by atomic mass is 9.95. The zero-order valence-electron chi connectivity index (χ0n) is 24.7. The molecule has 1 heterocycles. The molecule has 3 amide bonds. The second kappa shape index (κ2) is 15.4. The van der Waals surface area contributed by atoms with Crippen molar-refractivity contribution in [2.45, 2.75) is 26.5 Å². The van der Waals surface area contributed by atoms with Crippen molar-refractivity contribution in [3.05, 3.63) is 98.7 Å². The number of allylic oxidation sites excluding steroid dienone is 1. The van der Waals surface area contributed by atoms with Gasteiger partial charge in [0.25, 0.3) is 5.91 Å². The predicted octanol–water partition coefficient (Wildman–Crippen LogP) is 4.63. The second-order valence-corrected chi connectivity index (χ2v) is 10.4. The SMILES string of the molecule is CCOC(=O)C1=C(C)NC(=O)N[C@@H]1c1ccc(OCC(=O)N/N=C\c2ccc(OCc3ccccc3C#N)c(Br)c2)c(OC)c1. The number of rotatable bonds is 12. The van der Waals surface area contributed by atoms with Gasteiger partial charge in [-0.05, 0) is 77.3 Å². The average molecular weight is 677 g/mol. The summed E-state index contributed by atoms with van der Waals surface area (Å²) in [6.45, 7) is 3.38. The van der Waals surface area contributed by atoms with Crippen molar-refractivity contribution < 1.29 is 33.3 Å². The van der Waals surface area contributed by atoms with E-state index in [2.05, 4.69) is 43.2 Å². The number of amides is 3. The third-order valence-corrected chi connectivity index (χ3v) is 7.14. The molecule has 0 aliphatic carbocycles. The molecule has 1 aliphatic heterocycles. The Morgan fingerprint density at radius 3 is 2.60 bits per heavy atom. The van der Waals surface area contributed by atoms with Crippen LogP contribution in [-0.2, 0) is 20.9 Å². The zero-order chi connectivity index (χ0) is 32.3. The molecular weight excluding hydrogens is 646 g/mol. The predicted molar refractivity (Wildman–Crippen MR) is 168 cm³/mol. The Kier molecular flexibility index (Phi) is 11.1. The molecule has 232 valence electrons. The number of methoxy groups -OCH3 is 1. The van der Waals surface area contributed by atoms with E-state index in [-0.39, 0.29) is 31.1 Å². The maximum Gasteiger partial charge on any atom is 0.338 e. The summed E-state index contributed by atoms with van der Waals surface area (Å²) < 4.78 is 22.8. The van der Waals surface area contributed by atoms with Gasteiger partial charge in [0.05, 0.1) is 47.7 Å². The number of benzene rings is 3. The molecule has 0 spiro atoms. The van der Waals surface area contributed by atoms with Gasteiger partial charge in [0, 0.05) is 11.3 Å². The van der Waals surface area contributed by atoms with Crippen LogP contribution in [-0.4, -0.2) is 44.4 Å². The number of nitrogens with one attached hydrogen (secondary N) is 3. The molecule has 0 radical (unpaired) electrons. The average Bonchev–Trinajstić information content (AvgIpc) is 3.03. The van der Waals surface area contributed by atoms with Crippen LogP contribution < -0.4 is 30.3 Å². The first-order valence-electron chi connectivity index (χ1n) is 13.7. The van der Waals surface area contributed by atoms with Crippen LogP contribution in [0.25, 0.3) is 0 Å². The highest BCUT2D eigenvalue weighted by atomic mass is 79.9. The van der Waals surface area contributed by atoms with Crippen molar-refractivity contribution >= 4 is 40.1 Å². The molecule has 0 saturated heterocycles. The monoisotopic (exact) mass is 675 g/mol.